The first-order chi connectivity index (χ1) is 19.3. The molecule has 3 amide bonds. The lowest BCUT2D eigenvalue weighted by atomic mass is 9.98. The number of ether oxygens (including phenoxy) is 1. The van der Waals surface area contributed by atoms with Gasteiger partial charge in [-0.2, -0.15) is 5.26 Å². The van der Waals surface area contributed by atoms with Crippen LogP contribution >= 0.6 is 0 Å². The fraction of sp³-hybridized carbons (Fsp3) is 0.375. The van der Waals surface area contributed by atoms with E-state index in [1.165, 1.54) is 6.07 Å². The zero-order valence-electron chi connectivity index (χ0n) is 24.4. The molecule has 3 N–H and O–H groups in total. The number of aromatic hydroxyl groups is 1. The van der Waals surface area contributed by atoms with Gasteiger partial charge in [-0.1, -0.05) is 50.2 Å². The molecule has 2 atom stereocenters. The Balaban J connectivity index is 2.03. The van der Waals surface area contributed by atoms with Crippen LogP contribution in [0.1, 0.15) is 58.2 Å². The molecule has 0 heterocycles. The third-order valence-electron chi connectivity index (χ3n) is 6.33. The average Bonchev–Trinajstić information content (AvgIpc) is 2.88. The summed E-state index contributed by atoms with van der Waals surface area (Å²) in [5.41, 5.74) is 0.640. The van der Waals surface area contributed by atoms with Crippen LogP contribution in [-0.2, 0) is 14.3 Å². The molecular formula is C32H38N4O5. The molecule has 0 aliphatic heterocycles. The second-order valence-corrected chi connectivity index (χ2v) is 11.5. The molecule has 0 saturated heterocycles. The number of rotatable bonds is 9. The molecular weight excluding hydrogens is 520 g/mol. The normalized spacial score (nSPS) is 12.7. The lowest BCUT2D eigenvalue weighted by Gasteiger charge is -2.33. The summed E-state index contributed by atoms with van der Waals surface area (Å²) in [5.74, 6) is -1.11. The number of nitriles is 1. The molecule has 0 spiro atoms. The van der Waals surface area contributed by atoms with Crippen molar-refractivity contribution in [1.82, 2.24) is 10.2 Å². The van der Waals surface area contributed by atoms with Gasteiger partial charge >= 0.3 is 6.09 Å². The Morgan fingerprint density at radius 1 is 1.02 bits per heavy atom. The third kappa shape index (κ3) is 8.45. The van der Waals surface area contributed by atoms with E-state index in [2.05, 4.69) is 10.6 Å². The Hall–Kier alpha value is -4.58. The fourth-order valence-electron chi connectivity index (χ4n) is 4.51. The smallest absolute Gasteiger partial charge is 0.408 e. The summed E-state index contributed by atoms with van der Waals surface area (Å²) in [4.78, 5) is 41.8. The van der Waals surface area contributed by atoms with Crippen molar-refractivity contribution < 1.29 is 24.2 Å². The standard InChI is InChI=1S/C32H38N4O5/c1-20(2)17-26(35-31(40)41-32(4,5)6)30(39)36(16-15-33)28(24-12-14-27(37)21(3)18-24)29(38)34-25-13-11-22-9-7-8-10-23(22)19-25/h7-14,18-20,26,28,37H,16-17H2,1-6H3,(H,34,38)(H,35,40). The summed E-state index contributed by atoms with van der Waals surface area (Å²) in [7, 11) is 0. The van der Waals surface area contributed by atoms with Gasteiger partial charge in [0.15, 0.2) is 0 Å². The van der Waals surface area contributed by atoms with Gasteiger partial charge in [-0.05, 0) is 86.2 Å². The highest BCUT2D eigenvalue weighted by molar-refractivity contribution is 6.00. The second kappa shape index (κ2) is 13.2. The van der Waals surface area contributed by atoms with E-state index in [1.807, 2.05) is 56.3 Å². The second-order valence-electron chi connectivity index (χ2n) is 11.5. The molecule has 0 fully saturated rings. The first-order valence-corrected chi connectivity index (χ1v) is 13.5. The maximum absolute atomic E-state index is 14.0. The molecule has 0 aliphatic carbocycles. The van der Waals surface area contributed by atoms with Crippen LogP contribution in [0.15, 0.2) is 60.7 Å². The summed E-state index contributed by atoms with van der Waals surface area (Å²) < 4.78 is 5.38. The van der Waals surface area contributed by atoms with Crippen LogP contribution in [0.5, 0.6) is 5.75 Å². The van der Waals surface area contributed by atoms with E-state index in [0.29, 0.717) is 16.8 Å². The molecule has 9 heteroatoms. The Bertz CT molecular complexity index is 1450. The Morgan fingerprint density at radius 3 is 2.32 bits per heavy atom. The Labute approximate surface area is 241 Å². The molecule has 41 heavy (non-hydrogen) atoms. The molecule has 2 unspecified atom stereocenters. The molecule has 9 nitrogen and oxygen atoms in total. The van der Waals surface area contributed by atoms with Gasteiger partial charge in [0.25, 0.3) is 5.91 Å². The molecule has 3 rings (SSSR count). The summed E-state index contributed by atoms with van der Waals surface area (Å²) in [6.07, 6.45) is -0.515. The Kier molecular flexibility index (Phi) is 9.95. The van der Waals surface area contributed by atoms with E-state index >= 15 is 0 Å². The monoisotopic (exact) mass is 558 g/mol. The molecule has 0 saturated carbocycles. The predicted molar refractivity (Wildman–Crippen MR) is 158 cm³/mol. The number of fused-ring (bicyclic) bond motifs is 1. The van der Waals surface area contributed by atoms with Crippen molar-refractivity contribution in [3.8, 4) is 11.8 Å². The minimum absolute atomic E-state index is 0.00335. The number of alkyl carbamates (subject to hydrolysis) is 1. The molecule has 0 bridgehead atoms. The van der Waals surface area contributed by atoms with Crippen molar-refractivity contribution >= 4 is 34.4 Å². The lowest BCUT2D eigenvalue weighted by Crippen LogP contribution is -2.53. The van der Waals surface area contributed by atoms with E-state index in [0.717, 1.165) is 15.7 Å². The maximum Gasteiger partial charge on any atom is 0.408 e. The molecule has 0 aliphatic rings. The number of anilines is 1. The summed E-state index contributed by atoms with van der Waals surface area (Å²) in [5, 5.41) is 27.3. The number of phenols is 1. The zero-order chi connectivity index (χ0) is 30.3. The quantitative estimate of drug-likeness (QED) is 0.283. The van der Waals surface area contributed by atoms with Crippen LogP contribution in [0, 0.1) is 24.2 Å². The number of phenolic OH excluding ortho intramolecular Hbond substituents is 1. The fourth-order valence-corrected chi connectivity index (χ4v) is 4.51. The molecule has 0 aromatic heterocycles. The maximum atomic E-state index is 14.0. The van der Waals surface area contributed by atoms with Gasteiger partial charge in [-0.3, -0.25) is 9.59 Å². The summed E-state index contributed by atoms with van der Waals surface area (Å²) in [6, 6.07) is 17.5. The van der Waals surface area contributed by atoms with Gasteiger partial charge in [0, 0.05) is 5.69 Å². The summed E-state index contributed by atoms with van der Waals surface area (Å²) in [6.45, 7) is 10.2. The average molecular weight is 559 g/mol. The number of carbonyl (C=O) groups is 3. The predicted octanol–water partition coefficient (Wildman–Crippen LogP) is 5.83. The number of nitrogens with one attached hydrogen (secondary N) is 2. The lowest BCUT2D eigenvalue weighted by molar-refractivity contribution is -0.140. The highest BCUT2D eigenvalue weighted by atomic mass is 16.6. The van der Waals surface area contributed by atoms with Crippen LogP contribution in [0.3, 0.4) is 0 Å². The van der Waals surface area contributed by atoms with Gasteiger partial charge < -0.3 is 25.4 Å². The Morgan fingerprint density at radius 2 is 1.71 bits per heavy atom. The number of nitrogens with zero attached hydrogens (tertiary/aromatic N) is 2. The molecule has 216 valence electrons. The number of hydrogen-bond acceptors (Lipinski definition) is 6. The summed E-state index contributed by atoms with van der Waals surface area (Å²) >= 11 is 0. The number of carbonyl (C=O) groups excluding carboxylic acids is 3. The molecule has 3 aromatic rings. The number of amides is 3. The van der Waals surface area contributed by atoms with Crippen molar-refractivity contribution in [2.75, 3.05) is 11.9 Å². The number of aryl methyl sites for hydroxylation is 1. The van der Waals surface area contributed by atoms with E-state index in [9.17, 15) is 24.8 Å². The zero-order valence-corrected chi connectivity index (χ0v) is 24.4. The van der Waals surface area contributed by atoms with Crippen LogP contribution in [0.4, 0.5) is 10.5 Å². The highest BCUT2D eigenvalue weighted by Gasteiger charge is 2.37. The van der Waals surface area contributed by atoms with Gasteiger partial charge in [0.1, 0.15) is 30.0 Å². The first kappa shape index (κ1) is 31.0. The van der Waals surface area contributed by atoms with Gasteiger partial charge in [-0.25, -0.2) is 4.79 Å². The largest absolute Gasteiger partial charge is 0.508 e. The van der Waals surface area contributed by atoms with Crippen LogP contribution < -0.4 is 10.6 Å². The minimum Gasteiger partial charge on any atom is -0.508 e. The van der Waals surface area contributed by atoms with Crippen molar-refractivity contribution in [1.29, 1.82) is 5.26 Å². The first-order valence-electron chi connectivity index (χ1n) is 13.5. The van der Waals surface area contributed by atoms with Crippen LogP contribution in [0.25, 0.3) is 10.8 Å². The van der Waals surface area contributed by atoms with Gasteiger partial charge in [-0.15, -0.1) is 0 Å². The van der Waals surface area contributed by atoms with Crippen molar-refractivity contribution in [2.24, 2.45) is 5.92 Å². The topological polar surface area (TPSA) is 132 Å². The van der Waals surface area contributed by atoms with Crippen molar-refractivity contribution in [2.45, 2.75) is 65.6 Å². The van der Waals surface area contributed by atoms with E-state index in [4.69, 9.17) is 4.74 Å². The van der Waals surface area contributed by atoms with E-state index in [-0.39, 0.29) is 18.1 Å². The van der Waals surface area contributed by atoms with E-state index in [1.54, 1.807) is 45.9 Å². The van der Waals surface area contributed by atoms with Gasteiger partial charge in [0.2, 0.25) is 5.91 Å². The van der Waals surface area contributed by atoms with Crippen LogP contribution in [-0.4, -0.2) is 46.1 Å². The number of benzene rings is 3. The van der Waals surface area contributed by atoms with Crippen molar-refractivity contribution in [3.05, 3.63) is 71.8 Å². The molecule has 3 aromatic carbocycles. The molecule has 0 radical (unpaired) electrons. The SMILES string of the molecule is Cc1cc(C(C(=O)Nc2ccc3ccccc3c2)N(CC#N)C(=O)C(CC(C)C)NC(=O)OC(C)(C)C)ccc1O. The van der Waals surface area contributed by atoms with Crippen LogP contribution in [0.2, 0.25) is 0 Å². The number of hydrogen-bond donors (Lipinski definition) is 3. The third-order valence-corrected chi connectivity index (χ3v) is 6.33. The van der Waals surface area contributed by atoms with E-state index < -0.39 is 42.1 Å². The minimum atomic E-state index is -1.23. The van der Waals surface area contributed by atoms with Gasteiger partial charge in [0.05, 0.1) is 6.07 Å². The highest BCUT2D eigenvalue weighted by Crippen LogP contribution is 2.29. The van der Waals surface area contributed by atoms with Crippen molar-refractivity contribution in [3.63, 3.8) is 0 Å².